The molecule has 0 amide bonds. The Bertz CT molecular complexity index is 2950. The van der Waals surface area contributed by atoms with Gasteiger partial charge < -0.3 is 0 Å². The molecule has 1 fully saturated rings. The van der Waals surface area contributed by atoms with Crippen LogP contribution in [0.3, 0.4) is 0 Å². The Morgan fingerprint density at radius 3 is 1.96 bits per heavy atom. The van der Waals surface area contributed by atoms with Crippen molar-refractivity contribution in [1.29, 1.82) is 0 Å². The standard InChI is InChI=1S/C23H19N5O.C20H19N5O/c1-15(16-8-4-3-5-9-16)28-22-21(27(2)23(28)29)25-14-20(26-22)18-10-6-12-19-17(18)11-7-13-24-19;26-20-24-18-19(25(20)12-13-5-1-2-6-13)23-17(11-22-18)15-7-3-9-16-14(15)8-4-10-21-16/h3-15H,1-2H3;3-4,7-11,13H,1-2,5-6,12H2,(H,22,24,26)/t15-;/m0./s1. The van der Waals surface area contributed by atoms with E-state index in [9.17, 15) is 9.59 Å². The number of aromatic amines is 1. The number of aryl methyl sites for hydroxylation is 1. The molecule has 1 aliphatic carbocycles. The Morgan fingerprint density at radius 1 is 0.691 bits per heavy atom. The van der Waals surface area contributed by atoms with E-state index in [1.54, 1.807) is 45.5 Å². The number of imidazole rings is 2. The Balaban J connectivity index is 0.000000145. The predicted octanol–water partition coefficient (Wildman–Crippen LogP) is 7.48. The molecule has 1 saturated carbocycles. The Kier molecular flexibility index (Phi) is 8.77. The molecule has 0 radical (unpaired) electrons. The van der Waals surface area contributed by atoms with E-state index in [1.807, 2.05) is 97.9 Å². The molecular weight excluding hydrogens is 689 g/mol. The van der Waals surface area contributed by atoms with Crippen LogP contribution in [0, 0.1) is 5.92 Å². The molecule has 1 N–H and O–H groups in total. The molecule has 0 bridgehead atoms. The molecule has 55 heavy (non-hydrogen) atoms. The van der Waals surface area contributed by atoms with Crippen molar-refractivity contribution in [2.24, 2.45) is 13.0 Å². The lowest BCUT2D eigenvalue weighted by Gasteiger charge is -2.13. The van der Waals surface area contributed by atoms with E-state index < -0.39 is 0 Å². The van der Waals surface area contributed by atoms with Crippen LogP contribution in [-0.4, -0.2) is 48.6 Å². The van der Waals surface area contributed by atoms with E-state index >= 15 is 0 Å². The zero-order valence-electron chi connectivity index (χ0n) is 30.5. The smallest absolute Gasteiger partial charge is 0.289 e. The van der Waals surface area contributed by atoms with Crippen molar-refractivity contribution in [2.75, 3.05) is 0 Å². The van der Waals surface area contributed by atoms with Gasteiger partial charge in [-0.15, -0.1) is 0 Å². The highest BCUT2D eigenvalue weighted by molar-refractivity contribution is 5.95. The summed E-state index contributed by atoms with van der Waals surface area (Å²) in [6.07, 6.45) is 11.9. The molecule has 0 spiro atoms. The van der Waals surface area contributed by atoms with Gasteiger partial charge in [-0.2, -0.15) is 0 Å². The first-order valence-corrected chi connectivity index (χ1v) is 18.6. The first kappa shape index (κ1) is 34.0. The fourth-order valence-corrected chi connectivity index (χ4v) is 7.80. The van der Waals surface area contributed by atoms with E-state index in [4.69, 9.17) is 9.97 Å². The summed E-state index contributed by atoms with van der Waals surface area (Å²) in [6.45, 7) is 2.72. The third-order valence-electron chi connectivity index (χ3n) is 10.7. The monoisotopic (exact) mass is 726 g/mol. The zero-order chi connectivity index (χ0) is 37.5. The molecule has 1 aliphatic rings. The Morgan fingerprint density at radius 2 is 1.31 bits per heavy atom. The largest absolute Gasteiger partial charge is 0.331 e. The summed E-state index contributed by atoms with van der Waals surface area (Å²) >= 11 is 0. The lowest BCUT2D eigenvalue weighted by Crippen LogP contribution is -2.25. The quantitative estimate of drug-likeness (QED) is 0.186. The van der Waals surface area contributed by atoms with E-state index in [2.05, 4.69) is 24.9 Å². The molecule has 0 aliphatic heterocycles. The van der Waals surface area contributed by atoms with Crippen molar-refractivity contribution in [2.45, 2.75) is 45.2 Å². The molecule has 10 rings (SSSR count). The van der Waals surface area contributed by atoms with Crippen LogP contribution < -0.4 is 11.4 Å². The van der Waals surface area contributed by atoms with E-state index in [0.717, 1.165) is 49.9 Å². The van der Waals surface area contributed by atoms with Gasteiger partial charge in [-0.1, -0.05) is 79.6 Å². The van der Waals surface area contributed by atoms with Gasteiger partial charge in [0.2, 0.25) is 0 Å². The van der Waals surface area contributed by atoms with Gasteiger partial charge in [0.15, 0.2) is 22.6 Å². The number of nitrogens with one attached hydrogen (secondary N) is 1. The number of fused-ring (bicyclic) bond motifs is 4. The number of benzene rings is 3. The predicted molar refractivity (Wildman–Crippen MR) is 215 cm³/mol. The van der Waals surface area contributed by atoms with E-state index in [-0.39, 0.29) is 17.4 Å². The molecule has 1 atom stereocenters. The van der Waals surface area contributed by atoms with Crippen molar-refractivity contribution in [3.8, 4) is 22.5 Å². The highest BCUT2D eigenvalue weighted by Crippen LogP contribution is 2.30. The van der Waals surface area contributed by atoms with Crippen LogP contribution in [0.25, 0.3) is 66.9 Å². The zero-order valence-corrected chi connectivity index (χ0v) is 30.5. The van der Waals surface area contributed by atoms with Gasteiger partial charge in [0, 0.05) is 47.9 Å². The van der Waals surface area contributed by atoms with Gasteiger partial charge in [-0.3, -0.25) is 28.7 Å². The summed E-state index contributed by atoms with van der Waals surface area (Å²) in [4.78, 5) is 55.8. The van der Waals surface area contributed by atoms with Crippen molar-refractivity contribution < 1.29 is 0 Å². The number of pyridine rings is 2. The summed E-state index contributed by atoms with van der Waals surface area (Å²) in [5, 5.41) is 2.04. The van der Waals surface area contributed by atoms with Crippen LogP contribution >= 0.6 is 0 Å². The van der Waals surface area contributed by atoms with Crippen LogP contribution in [0.2, 0.25) is 0 Å². The highest BCUT2D eigenvalue weighted by Gasteiger charge is 2.22. The maximum Gasteiger partial charge on any atom is 0.331 e. The normalized spacial score (nSPS) is 13.8. The van der Waals surface area contributed by atoms with Crippen molar-refractivity contribution in [1.82, 2.24) is 48.6 Å². The fourth-order valence-electron chi connectivity index (χ4n) is 7.80. The van der Waals surface area contributed by atoms with Crippen LogP contribution in [0.4, 0.5) is 0 Å². The van der Waals surface area contributed by atoms with E-state index in [0.29, 0.717) is 35.1 Å². The summed E-state index contributed by atoms with van der Waals surface area (Å²) in [5.74, 6) is 0.555. The molecule has 12 heteroatoms. The van der Waals surface area contributed by atoms with Crippen molar-refractivity contribution in [3.05, 3.63) is 142 Å². The fraction of sp³-hybridized carbons (Fsp3) is 0.209. The SMILES string of the molecule is C[C@@H](c1ccccc1)n1c(=O)n(C)c2ncc(-c3cccc4ncccc34)nc21.O=c1[nH]c2ncc(-c3cccc4ncccc34)nc2n1CC1CCCC1. The van der Waals surface area contributed by atoms with E-state index in [1.165, 1.54) is 25.7 Å². The van der Waals surface area contributed by atoms with Gasteiger partial charge in [0.25, 0.3) is 0 Å². The minimum Gasteiger partial charge on any atom is -0.289 e. The average Bonchev–Trinajstić information content (AvgIpc) is 3.93. The number of nitrogens with zero attached hydrogens (tertiary/aromatic N) is 9. The highest BCUT2D eigenvalue weighted by atomic mass is 16.2. The number of hydrogen-bond acceptors (Lipinski definition) is 8. The minimum atomic E-state index is -0.161. The summed E-state index contributed by atoms with van der Waals surface area (Å²) in [6, 6.07) is 29.6. The third kappa shape index (κ3) is 6.25. The second kappa shape index (κ2) is 14.2. The van der Waals surface area contributed by atoms with Crippen molar-refractivity contribution >= 4 is 44.4 Å². The molecular formula is C43H38N10O2. The van der Waals surface area contributed by atoms with Gasteiger partial charge in [-0.05, 0) is 55.5 Å². The Labute approximate surface area is 315 Å². The number of rotatable bonds is 6. The van der Waals surface area contributed by atoms with Gasteiger partial charge in [-0.25, -0.2) is 29.5 Å². The molecule has 12 nitrogen and oxygen atoms in total. The molecule has 6 aromatic heterocycles. The van der Waals surface area contributed by atoms with Gasteiger partial charge >= 0.3 is 11.4 Å². The number of H-pyrrole nitrogens is 1. The third-order valence-corrected chi connectivity index (χ3v) is 10.7. The molecule has 0 saturated heterocycles. The number of hydrogen-bond donors (Lipinski definition) is 1. The van der Waals surface area contributed by atoms with Gasteiger partial charge in [0.1, 0.15) is 0 Å². The minimum absolute atomic E-state index is 0.122. The average molecular weight is 727 g/mol. The molecule has 6 heterocycles. The lowest BCUT2D eigenvalue weighted by molar-refractivity contribution is 0.456. The second-order valence-electron chi connectivity index (χ2n) is 14.1. The summed E-state index contributed by atoms with van der Waals surface area (Å²) in [5.41, 5.74) is 8.35. The molecule has 0 unspecified atom stereocenters. The molecule has 272 valence electrons. The number of aromatic nitrogens is 10. The maximum atomic E-state index is 13.0. The summed E-state index contributed by atoms with van der Waals surface area (Å²) in [7, 11) is 1.73. The first-order valence-electron chi connectivity index (χ1n) is 18.6. The lowest BCUT2D eigenvalue weighted by atomic mass is 10.1. The topological polar surface area (TPSA) is 142 Å². The molecule has 9 aromatic rings. The van der Waals surface area contributed by atoms with Crippen molar-refractivity contribution in [3.63, 3.8) is 0 Å². The van der Waals surface area contributed by atoms with Crippen LogP contribution in [0.1, 0.15) is 44.2 Å². The van der Waals surface area contributed by atoms with Crippen LogP contribution in [-0.2, 0) is 13.6 Å². The van der Waals surface area contributed by atoms with Gasteiger partial charge in [0.05, 0.1) is 40.9 Å². The van der Waals surface area contributed by atoms with Crippen LogP contribution in [0.15, 0.2) is 125 Å². The maximum absolute atomic E-state index is 13.0. The first-order chi connectivity index (χ1) is 26.9. The van der Waals surface area contributed by atoms with Crippen LogP contribution in [0.5, 0.6) is 0 Å². The Hall–Kier alpha value is -6.82. The molecule has 3 aromatic carbocycles. The summed E-state index contributed by atoms with van der Waals surface area (Å²) < 4.78 is 5.02. The second-order valence-corrected chi connectivity index (χ2v) is 14.1.